The third kappa shape index (κ3) is 5.09. The Morgan fingerprint density at radius 3 is 2.11 bits per heavy atom. The fraction of sp³-hybridized carbons (Fsp3) is 0.250. The maximum Gasteiger partial charge on any atom is 0.340 e. The number of sulfonamides is 1. The Kier molecular flexibility index (Phi) is 8.02. The topological polar surface area (TPSA) is 113 Å². The van der Waals surface area contributed by atoms with E-state index in [1.807, 2.05) is 0 Å². The van der Waals surface area contributed by atoms with E-state index in [1.54, 1.807) is 18.3 Å². The predicted molar refractivity (Wildman–Crippen MR) is 128 cm³/mol. The van der Waals surface area contributed by atoms with Gasteiger partial charge in [-0.1, -0.05) is 6.07 Å². The standard InChI is InChI=1S/C24H26N2O8S/c1-30-17-8-10-18(11-9-17)35(28,29)26(15-16-7-6-12-25-14-16)21-19(24(27)34-5)13-20(31-2)22(32-3)23(21)33-4/h6-14H,15H2,1-5H3. The predicted octanol–water partition coefficient (Wildman–Crippen LogP) is 3.30. The van der Waals surface area contributed by atoms with Crippen LogP contribution in [0.2, 0.25) is 0 Å². The molecule has 0 saturated carbocycles. The number of ether oxygens (including phenoxy) is 5. The van der Waals surface area contributed by atoms with Gasteiger partial charge in [-0.25, -0.2) is 13.2 Å². The summed E-state index contributed by atoms with van der Waals surface area (Å²) in [6, 6.07) is 10.6. The molecule has 3 aromatic rings. The molecule has 0 aliphatic carbocycles. The highest BCUT2D eigenvalue weighted by atomic mass is 32.2. The number of hydrogen-bond acceptors (Lipinski definition) is 9. The van der Waals surface area contributed by atoms with Crippen LogP contribution in [0.25, 0.3) is 0 Å². The van der Waals surface area contributed by atoms with Gasteiger partial charge in [-0.15, -0.1) is 0 Å². The Morgan fingerprint density at radius 1 is 0.914 bits per heavy atom. The van der Waals surface area contributed by atoms with E-state index in [0.717, 1.165) is 4.31 Å². The number of carbonyl (C=O) groups is 1. The summed E-state index contributed by atoms with van der Waals surface area (Å²) >= 11 is 0. The van der Waals surface area contributed by atoms with Gasteiger partial charge in [-0.3, -0.25) is 9.29 Å². The molecule has 0 N–H and O–H groups in total. The second-order valence-corrected chi connectivity index (χ2v) is 8.94. The number of hydrogen-bond donors (Lipinski definition) is 0. The number of benzene rings is 2. The quantitative estimate of drug-likeness (QED) is 0.385. The van der Waals surface area contributed by atoms with Crippen molar-refractivity contribution in [2.45, 2.75) is 11.4 Å². The number of aromatic nitrogens is 1. The Bertz CT molecular complexity index is 1280. The van der Waals surface area contributed by atoms with Gasteiger partial charge in [-0.2, -0.15) is 0 Å². The largest absolute Gasteiger partial charge is 0.497 e. The smallest absolute Gasteiger partial charge is 0.340 e. The van der Waals surface area contributed by atoms with Gasteiger partial charge in [0.2, 0.25) is 5.75 Å². The molecule has 0 unspecified atom stereocenters. The first-order valence-corrected chi connectivity index (χ1v) is 11.7. The van der Waals surface area contributed by atoms with Crippen molar-refractivity contribution >= 4 is 21.7 Å². The lowest BCUT2D eigenvalue weighted by atomic mass is 10.1. The van der Waals surface area contributed by atoms with Crippen LogP contribution in [0.15, 0.2) is 59.8 Å². The van der Waals surface area contributed by atoms with Crippen LogP contribution < -0.4 is 23.3 Å². The Balaban J connectivity index is 2.37. The van der Waals surface area contributed by atoms with Crippen LogP contribution in [0.3, 0.4) is 0 Å². The molecule has 186 valence electrons. The first kappa shape index (κ1) is 25.6. The molecule has 0 fully saturated rings. The average Bonchev–Trinajstić information content (AvgIpc) is 2.90. The molecular weight excluding hydrogens is 476 g/mol. The Labute approximate surface area is 204 Å². The van der Waals surface area contributed by atoms with E-state index in [-0.39, 0.29) is 39.9 Å². The van der Waals surface area contributed by atoms with Crippen LogP contribution in [0, 0.1) is 0 Å². The number of pyridine rings is 1. The highest BCUT2D eigenvalue weighted by Gasteiger charge is 2.35. The fourth-order valence-electron chi connectivity index (χ4n) is 3.47. The van der Waals surface area contributed by atoms with E-state index in [4.69, 9.17) is 23.7 Å². The number of esters is 1. The monoisotopic (exact) mass is 502 g/mol. The molecule has 0 aliphatic rings. The second kappa shape index (κ2) is 11.0. The molecule has 11 heteroatoms. The lowest BCUT2D eigenvalue weighted by Gasteiger charge is -2.29. The van der Waals surface area contributed by atoms with Crippen molar-refractivity contribution in [1.82, 2.24) is 4.98 Å². The summed E-state index contributed by atoms with van der Waals surface area (Å²) < 4.78 is 55.6. The summed E-state index contributed by atoms with van der Waals surface area (Å²) in [5.41, 5.74) is 0.400. The Hall–Kier alpha value is -3.99. The van der Waals surface area contributed by atoms with Crippen LogP contribution in [-0.4, -0.2) is 54.9 Å². The van der Waals surface area contributed by atoms with Gasteiger partial charge >= 0.3 is 5.97 Å². The summed E-state index contributed by atoms with van der Waals surface area (Å²) in [5.74, 6) is -0.0502. The van der Waals surface area contributed by atoms with E-state index in [1.165, 1.54) is 72.1 Å². The summed E-state index contributed by atoms with van der Waals surface area (Å²) in [6.45, 7) is -0.169. The minimum absolute atomic E-state index is 0.0202. The number of anilines is 1. The van der Waals surface area contributed by atoms with Gasteiger partial charge in [0.1, 0.15) is 11.4 Å². The Morgan fingerprint density at radius 2 is 1.60 bits per heavy atom. The molecule has 10 nitrogen and oxygen atoms in total. The van der Waals surface area contributed by atoms with Crippen molar-refractivity contribution in [2.24, 2.45) is 0 Å². The van der Waals surface area contributed by atoms with Gasteiger partial charge in [0.15, 0.2) is 11.5 Å². The van der Waals surface area contributed by atoms with E-state index in [9.17, 15) is 13.2 Å². The zero-order valence-electron chi connectivity index (χ0n) is 20.0. The van der Waals surface area contributed by atoms with Crippen molar-refractivity contribution in [3.63, 3.8) is 0 Å². The minimum Gasteiger partial charge on any atom is -0.497 e. The summed E-state index contributed by atoms with van der Waals surface area (Å²) in [7, 11) is 2.53. The summed E-state index contributed by atoms with van der Waals surface area (Å²) in [6.07, 6.45) is 3.10. The highest BCUT2D eigenvalue weighted by molar-refractivity contribution is 7.92. The molecule has 3 rings (SSSR count). The molecule has 0 atom stereocenters. The number of carbonyl (C=O) groups excluding carboxylic acids is 1. The molecule has 0 bridgehead atoms. The summed E-state index contributed by atoms with van der Waals surface area (Å²) in [5, 5.41) is 0. The van der Waals surface area contributed by atoms with Crippen LogP contribution in [0.4, 0.5) is 5.69 Å². The number of methoxy groups -OCH3 is 5. The SMILES string of the molecule is COC(=O)c1cc(OC)c(OC)c(OC)c1N(Cc1cccnc1)S(=O)(=O)c1ccc(OC)cc1. The molecule has 0 radical (unpaired) electrons. The van der Waals surface area contributed by atoms with E-state index < -0.39 is 16.0 Å². The molecule has 35 heavy (non-hydrogen) atoms. The molecule has 0 aliphatic heterocycles. The molecule has 1 aromatic heterocycles. The minimum atomic E-state index is -4.25. The number of rotatable bonds is 10. The average molecular weight is 503 g/mol. The second-order valence-electron chi connectivity index (χ2n) is 7.08. The third-order valence-corrected chi connectivity index (χ3v) is 6.91. The van der Waals surface area contributed by atoms with E-state index in [0.29, 0.717) is 11.3 Å². The van der Waals surface area contributed by atoms with Gasteiger partial charge in [0, 0.05) is 18.5 Å². The lowest BCUT2D eigenvalue weighted by Crippen LogP contribution is -2.32. The van der Waals surface area contributed by atoms with Gasteiger partial charge in [-0.05, 0) is 35.9 Å². The van der Waals surface area contributed by atoms with E-state index in [2.05, 4.69) is 4.98 Å². The first-order chi connectivity index (χ1) is 16.8. The maximum atomic E-state index is 14.0. The van der Waals surface area contributed by atoms with Crippen molar-refractivity contribution in [1.29, 1.82) is 0 Å². The van der Waals surface area contributed by atoms with Gasteiger partial charge in [0.05, 0.1) is 52.6 Å². The third-order valence-electron chi connectivity index (χ3n) is 5.15. The highest BCUT2D eigenvalue weighted by Crippen LogP contribution is 2.48. The van der Waals surface area contributed by atoms with Crippen molar-refractivity contribution in [3.05, 3.63) is 66.0 Å². The number of nitrogens with zero attached hydrogens (tertiary/aromatic N) is 2. The maximum absolute atomic E-state index is 14.0. The summed E-state index contributed by atoms with van der Waals surface area (Å²) in [4.78, 5) is 16.9. The molecule has 0 spiro atoms. The van der Waals surface area contributed by atoms with Gasteiger partial charge < -0.3 is 23.7 Å². The first-order valence-electron chi connectivity index (χ1n) is 10.3. The van der Waals surface area contributed by atoms with Crippen LogP contribution in [0.5, 0.6) is 23.0 Å². The zero-order chi connectivity index (χ0) is 25.6. The van der Waals surface area contributed by atoms with Crippen LogP contribution in [0.1, 0.15) is 15.9 Å². The van der Waals surface area contributed by atoms with Gasteiger partial charge in [0.25, 0.3) is 10.0 Å². The molecular formula is C24H26N2O8S. The van der Waals surface area contributed by atoms with E-state index >= 15 is 0 Å². The fourth-order valence-corrected chi connectivity index (χ4v) is 4.95. The molecule has 0 amide bonds. The van der Waals surface area contributed by atoms with Crippen LogP contribution in [-0.2, 0) is 21.3 Å². The normalized spacial score (nSPS) is 10.9. The van der Waals surface area contributed by atoms with Crippen molar-refractivity contribution in [3.8, 4) is 23.0 Å². The lowest BCUT2D eigenvalue weighted by molar-refractivity contribution is 0.0600. The van der Waals surface area contributed by atoms with Crippen molar-refractivity contribution < 1.29 is 36.9 Å². The molecule has 2 aromatic carbocycles. The van der Waals surface area contributed by atoms with Crippen molar-refractivity contribution in [2.75, 3.05) is 39.9 Å². The molecule has 1 heterocycles. The zero-order valence-corrected chi connectivity index (χ0v) is 20.8. The van der Waals surface area contributed by atoms with Crippen LogP contribution >= 0.6 is 0 Å². The molecule has 0 saturated heterocycles.